The summed E-state index contributed by atoms with van der Waals surface area (Å²) in [5.74, 6) is -1.72. The molecule has 2 N–H and O–H groups in total. The zero-order valence-electron chi connectivity index (χ0n) is 10.8. The van der Waals surface area contributed by atoms with Crippen molar-refractivity contribution in [3.05, 3.63) is 29.8 Å². The van der Waals surface area contributed by atoms with Gasteiger partial charge in [0.15, 0.2) is 15.4 Å². The van der Waals surface area contributed by atoms with Crippen LogP contribution in [0.2, 0.25) is 0 Å². The number of benzene rings is 1. The first kappa shape index (κ1) is 15.2. The molecule has 1 amide bonds. The molecule has 0 aliphatic rings. The minimum Gasteiger partial charge on any atom is -0.479 e. The number of hydrogen-bond acceptors (Lipinski definition) is 4. The van der Waals surface area contributed by atoms with Gasteiger partial charge >= 0.3 is 5.97 Å². The standard InChI is InChI=1S/C12H15NO5S/c1-8(14)13-12(2,11(15)16)9-4-6-10(7-5-9)19(3,17)18/h4-7H,1-3H3,(H,13,14)(H,15,16)/t12-/m0/s1. The molecule has 0 radical (unpaired) electrons. The number of carboxylic acids is 1. The second-order valence-corrected chi connectivity index (χ2v) is 6.42. The van der Waals surface area contributed by atoms with Crippen LogP contribution in [0.3, 0.4) is 0 Å². The lowest BCUT2D eigenvalue weighted by molar-refractivity contribution is -0.147. The van der Waals surface area contributed by atoms with Gasteiger partial charge in [0, 0.05) is 13.2 Å². The number of amides is 1. The summed E-state index contributed by atoms with van der Waals surface area (Å²) in [6.07, 6.45) is 1.06. The van der Waals surface area contributed by atoms with Crippen molar-refractivity contribution in [3.8, 4) is 0 Å². The summed E-state index contributed by atoms with van der Waals surface area (Å²) in [7, 11) is -3.34. The maximum absolute atomic E-state index is 11.3. The smallest absolute Gasteiger partial charge is 0.333 e. The first-order valence-corrected chi connectivity index (χ1v) is 7.29. The number of rotatable bonds is 4. The van der Waals surface area contributed by atoms with E-state index in [1.807, 2.05) is 0 Å². The molecule has 0 aliphatic heterocycles. The Hall–Kier alpha value is -1.89. The van der Waals surface area contributed by atoms with Crippen molar-refractivity contribution in [2.45, 2.75) is 24.3 Å². The summed E-state index contributed by atoms with van der Waals surface area (Å²) in [5.41, 5.74) is -1.30. The number of hydrogen-bond donors (Lipinski definition) is 2. The van der Waals surface area contributed by atoms with E-state index in [2.05, 4.69) is 5.32 Å². The van der Waals surface area contributed by atoms with Crippen LogP contribution in [-0.4, -0.2) is 31.7 Å². The molecule has 0 aromatic heterocycles. The van der Waals surface area contributed by atoms with Crippen molar-refractivity contribution in [2.75, 3.05) is 6.26 Å². The van der Waals surface area contributed by atoms with Crippen LogP contribution in [-0.2, 0) is 25.0 Å². The topological polar surface area (TPSA) is 101 Å². The van der Waals surface area contributed by atoms with Gasteiger partial charge in [-0.1, -0.05) is 12.1 Å². The average molecular weight is 285 g/mol. The lowest BCUT2D eigenvalue weighted by Gasteiger charge is -2.26. The van der Waals surface area contributed by atoms with E-state index in [9.17, 15) is 23.1 Å². The Morgan fingerprint density at radius 1 is 1.21 bits per heavy atom. The third kappa shape index (κ3) is 3.31. The summed E-state index contributed by atoms with van der Waals surface area (Å²) in [5, 5.41) is 11.6. The third-order valence-corrected chi connectivity index (χ3v) is 3.84. The zero-order valence-corrected chi connectivity index (χ0v) is 11.6. The van der Waals surface area contributed by atoms with Crippen molar-refractivity contribution >= 4 is 21.7 Å². The Labute approximate surface area is 111 Å². The van der Waals surface area contributed by atoms with Gasteiger partial charge in [-0.3, -0.25) is 4.79 Å². The summed E-state index contributed by atoms with van der Waals surface area (Å²) in [6.45, 7) is 2.55. The average Bonchev–Trinajstić information content (AvgIpc) is 2.26. The van der Waals surface area contributed by atoms with Crippen LogP contribution in [0.25, 0.3) is 0 Å². The summed E-state index contributed by atoms with van der Waals surface area (Å²) < 4.78 is 22.6. The molecule has 1 rings (SSSR count). The van der Waals surface area contributed by atoms with E-state index in [1.165, 1.54) is 38.1 Å². The monoisotopic (exact) mass is 285 g/mol. The highest BCUT2D eigenvalue weighted by Gasteiger charge is 2.36. The van der Waals surface area contributed by atoms with E-state index >= 15 is 0 Å². The Kier molecular flexibility index (Phi) is 4.00. The first-order valence-electron chi connectivity index (χ1n) is 5.40. The second-order valence-electron chi connectivity index (χ2n) is 4.41. The van der Waals surface area contributed by atoms with E-state index in [1.54, 1.807) is 0 Å². The van der Waals surface area contributed by atoms with E-state index in [4.69, 9.17) is 0 Å². The molecule has 104 valence electrons. The minimum absolute atomic E-state index is 0.0896. The van der Waals surface area contributed by atoms with Crippen molar-refractivity contribution in [3.63, 3.8) is 0 Å². The van der Waals surface area contributed by atoms with Crippen molar-refractivity contribution < 1.29 is 23.1 Å². The van der Waals surface area contributed by atoms with Crippen LogP contribution in [0.15, 0.2) is 29.2 Å². The SMILES string of the molecule is CC(=O)N[C@](C)(C(=O)O)c1ccc(S(C)(=O)=O)cc1. The highest BCUT2D eigenvalue weighted by molar-refractivity contribution is 7.90. The number of nitrogens with one attached hydrogen (secondary N) is 1. The summed E-state index contributed by atoms with van der Waals surface area (Å²) >= 11 is 0. The molecule has 1 aromatic rings. The van der Waals surface area contributed by atoms with Crippen LogP contribution in [0, 0.1) is 0 Å². The fraction of sp³-hybridized carbons (Fsp3) is 0.333. The molecule has 0 saturated heterocycles. The van der Waals surface area contributed by atoms with Crippen LogP contribution in [0.1, 0.15) is 19.4 Å². The Morgan fingerprint density at radius 3 is 2.00 bits per heavy atom. The molecule has 0 aliphatic carbocycles. The molecular formula is C12H15NO5S. The number of aliphatic carboxylic acids is 1. The molecule has 0 unspecified atom stereocenters. The normalized spacial score (nSPS) is 14.5. The van der Waals surface area contributed by atoms with Crippen molar-refractivity contribution in [1.29, 1.82) is 0 Å². The Balaban J connectivity index is 3.26. The van der Waals surface area contributed by atoms with E-state index in [0.29, 0.717) is 5.56 Å². The Morgan fingerprint density at radius 2 is 1.68 bits per heavy atom. The van der Waals surface area contributed by atoms with Crippen molar-refractivity contribution in [1.82, 2.24) is 5.32 Å². The lowest BCUT2D eigenvalue weighted by Crippen LogP contribution is -2.48. The summed E-state index contributed by atoms with van der Waals surface area (Å²) in [4.78, 5) is 22.5. The lowest BCUT2D eigenvalue weighted by atomic mass is 9.92. The van der Waals surface area contributed by atoms with Gasteiger partial charge in [0.1, 0.15) is 0 Å². The maximum Gasteiger partial charge on any atom is 0.333 e. The molecule has 0 bridgehead atoms. The molecule has 0 spiro atoms. The van der Waals surface area contributed by atoms with Crippen LogP contribution in [0.5, 0.6) is 0 Å². The Bertz CT molecular complexity index is 606. The fourth-order valence-electron chi connectivity index (χ4n) is 1.64. The number of carbonyl (C=O) groups excluding carboxylic acids is 1. The summed E-state index contributed by atoms with van der Waals surface area (Å²) in [6, 6.07) is 5.38. The van der Waals surface area contributed by atoms with E-state index in [0.717, 1.165) is 6.26 Å². The van der Waals surface area contributed by atoms with Gasteiger partial charge in [-0.2, -0.15) is 0 Å². The molecule has 7 heteroatoms. The van der Waals surface area contributed by atoms with E-state index < -0.39 is 27.3 Å². The molecule has 0 saturated carbocycles. The zero-order chi connectivity index (χ0) is 14.8. The molecule has 1 atom stereocenters. The molecular weight excluding hydrogens is 270 g/mol. The largest absolute Gasteiger partial charge is 0.479 e. The van der Waals surface area contributed by atoms with Crippen molar-refractivity contribution in [2.24, 2.45) is 0 Å². The minimum atomic E-state index is -3.34. The molecule has 6 nitrogen and oxygen atoms in total. The number of sulfone groups is 1. The molecule has 0 fully saturated rings. The molecule has 1 aromatic carbocycles. The predicted octanol–water partition coefficient (Wildman–Crippen LogP) is 0.526. The van der Waals surface area contributed by atoms with Gasteiger partial charge in [-0.15, -0.1) is 0 Å². The van der Waals surface area contributed by atoms with Gasteiger partial charge in [0.2, 0.25) is 5.91 Å². The van der Waals surface area contributed by atoms with Gasteiger partial charge in [0.05, 0.1) is 4.90 Å². The van der Waals surface area contributed by atoms with Gasteiger partial charge < -0.3 is 10.4 Å². The number of carbonyl (C=O) groups is 2. The van der Waals surface area contributed by atoms with Gasteiger partial charge in [-0.05, 0) is 24.6 Å². The highest BCUT2D eigenvalue weighted by atomic mass is 32.2. The van der Waals surface area contributed by atoms with Crippen LogP contribution >= 0.6 is 0 Å². The van der Waals surface area contributed by atoms with E-state index in [-0.39, 0.29) is 4.90 Å². The van der Waals surface area contributed by atoms with Gasteiger partial charge in [-0.25, -0.2) is 13.2 Å². The van der Waals surface area contributed by atoms with Crippen LogP contribution in [0.4, 0.5) is 0 Å². The second kappa shape index (κ2) is 5.00. The fourth-order valence-corrected chi connectivity index (χ4v) is 2.27. The maximum atomic E-state index is 11.3. The highest BCUT2D eigenvalue weighted by Crippen LogP contribution is 2.23. The quantitative estimate of drug-likeness (QED) is 0.840. The van der Waals surface area contributed by atoms with Crippen LogP contribution < -0.4 is 5.32 Å². The molecule has 0 heterocycles. The first-order chi connectivity index (χ1) is 8.57. The predicted molar refractivity (Wildman–Crippen MR) is 68.4 cm³/mol. The molecule has 19 heavy (non-hydrogen) atoms. The van der Waals surface area contributed by atoms with Gasteiger partial charge in [0.25, 0.3) is 0 Å². The number of carboxylic acid groups (broad SMARTS) is 1. The third-order valence-electron chi connectivity index (χ3n) is 2.71.